The molecule has 0 aliphatic carbocycles. The van der Waals surface area contributed by atoms with E-state index in [0.717, 1.165) is 20.3 Å². The van der Waals surface area contributed by atoms with Crippen molar-refractivity contribution in [3.8, 4) is 0 Å². The van der Waals surface area contributed by atoms with E-state index in [4.69, 9.17) is 0 Å². The Labute approximate surface area is 156 Å². The Morgan fingerprint density at radius 2 is 1.84 bits per heavy atom. The van der Waals surface area contributed by atoms with E-state index < -0.39 is 0 Å². The third-order valence-electron chi connectivity index (χ3n) is 3.31. The molecule has 3 amide bonds. The maximum Gasteiger partial charge on any atom is 0.323 e. The van der Waals surface area contributed by atoms with Gasteiger partial charge < -0.3 is 16.0 Å². The summed E-state index contributed by atoms with van der Waals surface area (Å²) in [4.78, 5) is 27.8. The van der Waals surface area contributed by atoms with E-state index in [2.05, 4.69) is 36.9 Å². The molecule has 0 fully saturated rings. The highest BCUT2D eigenvalue weighted by Gasteiger charge is 2.11. The van der Waals surface area contributed by atoms with E-state index in [-0.39, 0.29) is 11.9 Å². The second kappa shape index (κ2) is 7.20. The van der Waals surface area contributed by atoms with Gasteiger partial charge in [-0.25, -0.2) is 9.78 Å². The van der Waals surface area contributed by atoms with Crippen molar-refractivity contribution in [2.45, 2.75) is 13.8 Å². The van der Waals surface area contributed by atoms with Gasteiger partial charge in [0.1, 0.15) is 0 Å². The number of rotatable bonds is 3. The lowest BCUT2D eigenvalue weighted by Gasteiger charge is -2.09. The molecule has 0 aliphatic heterocycles. The van der Waals surface area contributed by atoms with Gasteiger partial charge in [0.15, 0.2) is 5.13 Å². The SMILES string of the molecule is CC(=O)Nc1nc2c(C)cc(NC(=O)Nc3cccc(Br)c3)cc2s1. The van der Waals surface area contributed by atoms with Gasteiger partial charge in [0.25, 0.3) is 0 Å². The van der Waals surface area contributed by atoms with Crippen LogP contribution in [0.1, 0.15) is 12.5 Å². The number of halogens is 1. The molecule has 8 heteroatoms. The molecule has 1 heterocycles. The van der Waals surface area contributed by atoms with Gasteiger partial charge in [-0.15, -0.1) is 0 Å². The minimum atomic E-state index is -0.330. The fourth-order valence-electron chi connectivity index (χ4n) is 2.33. The first-order valence-electron chi connectivity index (χ1n) is 7.43. The number of carbonyl (C=O) groups excluding carboxylic acids is 2. The van der Waals surface area contributed by atoms with Crippen molar-refractivity contribution in [2.75, 3.05) is 16.0 Å². The Hall–Kier alpha value is -2.45. The number of urea groups is 1. The molecule has 128 valence electrons. The number of amides is 3. The third kappa shape index (κ3) is 4.34. The standard InChI is InChI=1S/C17H15BrN4O2S/c1-9-6-13(8-14-15(9)22-17(25-14)19-10(2)23)21-16(24)20-12-5-3-4-11(18)7-12/h3-8H,1-2H3,(H,19,22,23)(H2,20,21,24). The zero-order chi connectivity index (χ0) is 18.0. The second-order valence-electron chi connectivity index (χ2n) is 5.43. The quantitative estimate of drug-likeness (QED) is 0.561. The van der Waals surface area contributed by atoms with Crippen molar-refractivity contribution in [1.82, 2.24) is 4.98 Å². The summed E-state index contributed by atoms with van der Waals surface area (Å²) in [5, 5.41) is 8.83. The fraction of sp³-hybridized carbons (Fsp3) is 0.118. The largest absolute Gasteiger partial charge is 0.323 e. The number of benzene rings is 2. The van der Waals surface area contributed by atoms with Crippen LogP contribution in [0.5, 0.6) is 0 Å². The number of fused-ring (bicyclic) bond motifs is 1. The van der Waals surface area contributed by atoms with Crippen LogP contribution in [0.25, 0.3) is 10.2 Å². The molecular formula is C17H15BrN4O2S. The molecule has 2 aromatic carbocycles. The molecule has 0 aliphatic rings. The Morgan fingerprint density at radius 1 is 1.08 bits per heavy atom. The Balaban J connectivity index is 1.79. The predicted molar refractivity (Wildman–Crippen MR) is 105 cm³/mol. The van der Waals surface area contributed by atoms with Gasteiger partial charge >= 0.3 is 6.03 Å². The molecule has 0 bridgehead atoms. The van der Waals surface area contributed by atoms with Gasteiger partial charge in [-0.3, -0.25) is 4.79 Å². The number of carbonyl (C=O) groups is 2. The summed E-state index contributed by atoms with van der Waals surface area (Å²) in [5.41, 5.74) is 3.08. The molecule has 3 aromatic rings. The first-order valence-corrected chi connectivity index (χ1v) is 9.04. The average molecular weight is 419 g/mol. The number of aryl methyl sites for hydroxylation is 1. The normalized spacial score (nSPS) is 10.5. The van der Waals surface area contributed by atoms with Gasteiger partial charge in [0, 0.05) is 22.8 Å². The molecule has 1 aromatic heterocycles. The van der Waals surface area contributed by atoms with E-state index >= 15 is 0 Å². The molecule has 3 rings (SSSR count). The molecule has 3 N–H and O–H groups in total. The summed E-state index contributed by atoms with van der Waals surface area (Å²) >= 11 is 4.73. The highest BCUT2D eigenvalue weighted by molar-refractivity contribution is 9.10. The molecule has 25 heavy (non-hydrogen) atoms. The van der Waals surface area contributed by atoms with Crippen LogP contribution < -0.4 is 16.0 Å². The van der Waals surface area contributed by atoms with E-state index in [0.29, 0.717) is 16.5 Å². The van der Waals surface area contributed by atoms with E-state index in [1.54, 1.807) is 0 Å². The lowest BCUT2D eigenvalue weighted by molar-refractivity contribution is -0.114. The van der Waals surface area contributed by atoms with Crippen molar-refractivity contribution in [1.29, 1.82) is 0 Å². The van der Waals surface area contributed by atoms with Crippen molar-refractivity contribution in [3.63, 3.8) is 0 Å². The fourth-order valence-corrected chi connectivity index (χ4v) is 3.76. The molecule has 0 saturated heterocycles. The molecule has 6 nitrogen and oxygen atoms in total. The van der Waals surface area contributed by atoms with Gasteiger partial charge in [-0.2, -0.15) is 0 Å². The average Bonchev–Trinajstić information content (AvgIpc) is 2.89. The first-order chi connectivity index (χ1) is 11.9. The van der Waals surface area contributed by atoms with Crippen LogP contribution in [-0.2, 0) is 4.79 Å². The smallest absolute Gasteiger partial charge is 0.308 e. The number of hydrogen-bond donors (Lipinski definition) is 3. The highest BCUT2D eigenvalue weighted by Crippen LogP contribution is 2.31. The summed E-state index contributed by atoms with van der Waals surface area (Å²) in [6.07, 6.45) is 0. The van der Waals surface area contributed by atoms with Crippen LogP contribution in [0.2, 0.25) is 0 Å². The number of anilines is 3. The minimum Gasteiger partial charge on any atom is -0.308 e. The lowest BCUT2D eigenvalue weighted by atomic mass is 10.2. The summed E-state index contributed by atoms with van der Waals surface area (Å²) in [6, 6.07) is 10.7. The zero-order valence-corrected chi connectivity index (χ0v) is 15.9. The van der Waals surface area contributed by atoms with E-state index in [1.165, 1.54) is 18.3 Å². The third-order valence-corrected chi connectivity index (χ3v) is 4.72. The second-order valence-corrected chi connectivity index (χ2v) is 7.38. The summed E-state index contributed by atoms with van der Waals surface area (Å²) in [6.45, 7) is 3.36. The molecule has 0 unspecified atom stereocenters. The van der Waals surface area contributed by atoms with Crippen LogP contribution in [0.3, 0.4) is 0 Å². The maximum atomic E-state index is 12.2. The van der Waals surface area contributed by atoms with Crippen molar-refractivity contribution >= 4 is 65.9 Å². The van der Waals surface area contributed by atoms with Gasteiger partial charge in [-0.05, 0) is 42.8 Å². The topological polar surface area (TPSA) is 83.1 Å². The van der Waals surface area contributed by atoms with Crippen molar-refractivity contribution < 1.29 is 9.59 Å². The van der Waals surface area contributed by atoms with E-state index in [1.807, 2.05) is 43.3 Å². The number of thiazole rings is 1. The Kier molecular flexibility index (Phi) is 5.00. The minimum absolute atomic E-state index is 0.163. The maximum absolute atomic E-state index is 12.2. The molecule has 0 saturated carbocycles. The summed E-state index contributed by atoms with van der Waals surface area (Å²) < 4.78 is 1.78. The summed E-state index contributed by atoms with van der Waals surface area (Å²) in [5.74, 6) is -0.163. The van der Waals surface area contributed by atoms with Crippen molar-refractivity contribution in [3.05, 3.63) is 46.4 Å². The molecular weight excluding hydrogens is 404 g/mol. The van der Waals surface area contributed by atoms with Crippen LogP contribution >= 0.6 is 27.3 Å². The number of aromatic nitrogens is 1. The Bertz CT molecular complexity index is 970. The molecule has 0 spiro atoms. The lowest BCUT2D eigenvalue weighted by Crippen LogP contribution is -2.19. The summed E-state index contributed by atoms with van der Waals surface area (Å²) in [7, 11) is 0. The van der Waals surface area contributed by atoms with Gasteiger partial charge in [0.05, 0.1) is 10.2 Å². The zero-order valence-electron chi connectivity index (χ0n) is 13.5. The molecule has 0 atom stereocenters. The van der Waals surface area contributed by atoms with Gasteiger partial charge in [-0.1, -0.05) is 33.3 Å². The number of nitrogens with one attached hydrogen (secondary N) is 3. The first kappa shape index (κ1) is 17.4. The highest BCUT2D eigenvalue weighted by atomic mass is 79.9. The Morgan fingerprint density at radius 3 is 2.56 bits per heavy atom. The van der Waals surface area contributed by atoms with Crippen LogP contribution in [-0.4, -0.2) is 16.9 Å². The van der Waals surface area contributed by atoms with Crippen LogP contribution in [0.4, 0.5) is 21.3 Å². The predicted octanol–water partition coefficient (Wildman–Crippen LogP) is 4.97. The number of nitrogens with zero attached hydrogens (tertiary/aromatic N) is 1. The van der Waals surface area contributed by atoms with Crippen molar-refractivity contribution in [2.24, 2.45) is 0 Å². The monoisotopic (exact) mass is 418 g/mol. The van der Waals surface area contributed by atoms with E-state index in [9.17, 15) is 9.59 Å². The molecule has 0 radical (unpaired) electrons. The van der Waals surface area contributed by atoms with Crippen LogP contribution in [0.15, 0.2) is 40.9 Å². The van der Waals surface area contributed by atoms with Gasteiger partial charge in [0.2, 0.25) is 5.91 Å². The number of hydrogen-bond acceptors (Lipinski definition) is 4. The van der Waals surface area contributed by atoms with Crippen LogP contribution in [0, 0.1) is 6.92 Å².